The molecule has 30 heavy (non-hydrogen) atoms. The Balaban J connectivity index is 1.32. The molecular weight excluding hydrogens is 372 g/mol. The number of allylic oxidation sites excluding steroid dienone is 1. The second-order valence-corrected chi connectivity index (χ2v) is 12.8. The van der Waals surface area contributed by atoms with Gasteiger partial charge in [-0.15, -0.1) is 0 Å². The molecule has 1 heterocycles. The van der Waals surface area contributed by atoms with Gasteiger partial charge in [-0.3, -0.25) is 0 Å². The number of hydrogen-bond acceptors (Lipinski definition) is 3. The number of aliphatic hydroxyl groups is 2. The zero-order chi connectivity index (χ0) is 21.5. The number of hydrogen-bond donors (Lipinski definition) is 2. The predicted molar refractivity (Wildman–Crippen MR) is 120 cm³/mol. The summed E-state index contributed by atoms with van der Waals surface area (Å²) in [6.45, 7) is 11.7. The summed E-state index contributed by atoms with van der Waals surface area (Å²) in [5.74, 6) is 3.74. The maximum absolute atomic E-state index is 10.8. The van der Waals surface area contributed by atoms with E-state index in [4.69, 9.17) is 4.74 Å². The van der Waals surface area contributed by atoms with Crippen LogP contribution in [0.4, 0.5) is 0 Å². The standard InChI is InChI=1S/C27H44O3/c1-16(14-23(29)24-25(2,3)30-24)20-8-9-21-19-7-6-17-15-18(28)10-12-26(17,4)22(19)11-13-27(20,21)5/h6,16,18-24,28-29H,7-15H2,1-5H3/t16-,18?,19+,20-,21+,22+,23?,24+,26+,27-/m1/s1. The third-order valence-electron chi connectivity index (χ3n) is 10.9. The molecule has 0 bridgehead atoms. The van der Waals surface area contributed by atoms with Crippen molar-refractivity contribution in [1.29, 1.82) is 0 Å². The molecule has 4 aliphatic carbocycles. The summed E-state index contributed by atoms with van der Waals surface area (Å²) in [6, 6.07) is 0. The van der Waals surface area contributed by atoms with Crippen LogP contribution in [0.5, 0.6) is 0 Å². The zero-order valence-electron chi connectivity index (χ0n) is 19.9. The molecule has 0 aromatic rings. The third-order valence-corrected chi connectivity index (χ3v) is 10.9. The van der Waals surface area contributed by atoms with Gasteiger partial charge >= 0.3 is 0 Å². The maximum atomic E-state index is 10.8. The van der Waals surface area contributed by atoms with Crippen molar-refractivity contribution in [2.45, 2.75) is 116 Å². The molecule has 2 N–H and O–H groups in total. The summed E-state index contributed by atoms with van der Waals surface area (Å²) >= 11 is 0. The smallest absolute Gasteiger partial charge is 0.113 e. The third kappa shape index (κ3) is 3.17. The van der Waals surface area contributed by atoms with Crippen LogP contribution in [0.3, 0.4) is 0 Å². The molecule has 1 saturated heterocycles. The normalized spacial score (nSPS) is 51.2. The Labute approximate surface area is 183 Å². The molecule has 3 saturated carbocycles. The Bertz CT molecular complexity index is 713. The quantitative estimate of drug-likeness (QED) is 0.470. The molecule has 0 amide bonds. The average Bonchev–Trinajstić information content (AvgIpc) is 3.16. The predicted octanol–water partition coefficient (Wildman–Crippen LogP) is 5.49. The first-order chi connectivity index (χ1) is 14.1. The van der Waals surface area contributed by atoms with Crippen LogP contribution >= 0.6 is 0 Å². The molecule has 0 spiro atoms. The first kappa shape index (κ1) is 21.5. The maximum Gasteiger partial charge on any atom is 0.113 e. The fourth-order valence-corrected chi connectivity index (χ4v) is 9.12. The Morgan fingerprint density at radius 2 is 1.80 bits per heavy atom. The van der Waals surface area contributed by atoms with Crippen molar-refractivity contribution in [2.24, 2.45) is 40.4 Å². The van der Waals surface area contributed by atoms with Crippen LogP contribution in [0.15, 0.2) is 11.6 Å². The largest absolute Gasteiger partial charge is 0.393 e. The molecule has 2 unspecified atom stereocenters. The van der Waals surface area contributed by atoms with E-state index in [0.717, 1.165) is 42.9 Å². The fraction of sp³-hybridized carbons (Fsp3) is 0.926. The Hall–Kier alpha value is -0.380. The SMILES string of the molecule is C[C@H](CC(O)[C@@H]1OC1(C)C)[C@H]1CC[C@H]2[C@@H]3CC=C4CC(O)CC[C@]4(C)[C@H]3CC[C@]12C. The lowest BCUT2D eigenvalue weighted by Crippen LogP contribution is -2.51. The van der Waals surface area contributed by atoms with Gasteiger partial charge in [0.2, 0.25) is 0 Å². The number of ether oxygens (including phenoxy) is 1. The van der Waals surface area contributed by atoms with Crippen molar-refractivity contribution in [3.8, 4) is 0 Å². The van der Waals surface area contributed by atoms with Crippen molar-refractivity contribution in [2.75, 3.05) is 0 Å². The van der Waals surface area contributed by atoms with Crippen molar-refractivity contribution in [3.05, 3.63) is 11.6 Å². The summed E-state index contributed by atoms with van der Waals surface area (Å²) < 4.78 is 5.73. The van der Waals surface area contributed by atoms with E-state index < -0.39 is 0 Å². The van der Waals surface area contributed by atoms with Gasteiger partial charge in [-0.2, -0.15) is 0 Å². The molecule has 5 aliphatic rings. The molecule has 3 nitrogen and oxygen atoms in total. The number of rotatable bonds is 4. The van der Waals surface area contributed by atoms with Crippen LogP contribution in [0.1, 0.15) is 92.4 Å². The van der Waals surface area contributed by atoms with E-state index in [-0.39, 0.29) is 23.9 Å². The minimum Gasteiger partial charge on any atom is -0.393 e. The van der Waals surface area contributed by atoms with Gasteiger partial charge in [-0.25, -0.2) is 0 Å². The van der Waals surface area contributed by atoms with Crippen LogP contribution in [0, 0.1) is 40.4 Å². The van der Waals surface area contributed by atoms with Crippen molar-refractivity contribution in [1.82, 2.24) is 0 Å². The van der Waals surface area contributed by atoms with Gasteiger partial charge in [0, 0.05) is 0 Å². The van der Waals surface area contributed by atoms with Gasteiger partial charge in [0.05, 0.1) is 17.8 Å². The van der Waals surface area contributed by atoms with E-state index >= 15 is 0 Å². The summed E-state index contributed by atoms with van der Waals surface area (Å²) in [4.78, 5) is 0. The summed E-state index contributed by atoms with van der Waals surface area (Å²) in [5, 5.41) is 21.0. The van der Waals surface area contributed by atoms with Gasteiger partial charge in [-0.05, 0) is 112 Å². The van der Waals surface area contributed by atoms with E-state index in [9.17, 15) is 10.2 Å². The molecular formula is C27H44O3. The molecule has 0 aromatic heterocycles. The van der Waals surface area contributed by atoms with Crippen LogP contribution in [0.2, 0.25) is 0 Å². The summed E-state index contributed by atoms with van der Waals surface area (Å²) in [7, 11) is 0. The van der Waals surface area contributed by atoms with E-state index in [0.29, 0.717) is 16.7 Å². The Morgan fingerprint density at radius 3 is 2.50 bits per heavy atom. The van der Waals surface area contributed by atoms with Crippen LogP contribution in [-0.2, 0) is 4.74 Å². The molecule has 0 aromatic carbocycles. The Morgan fingerprint density at radius 1 is 1.07 bits per heavy atom. The molecule has 4 fully saturated rings. The lowest BCUT2D eigenvalue weighted by molar-refractivity contribution is -0.0598. The van der Waals surface area contributed by atoms with Crippen LogP contribution in [0.25, 0.3) is 0 Å². The molecule has 0 radical (unpaired) electrons. The number of fused-ring (bicyclic) bond motifs is 5. The van der Waals surface area contributed by atoms with Gasteiger partial charge in [0.15, 0.2) is 0 Å². The lowest BCUT2D eigenvalue weighted by Gasteiger charge is -2.58. The second-order valence-electron chi connectivity index (χ2n) is 12.8. The molecule has 1 aliphatic heterocycles. The monoisotopic (exact) mass is 416 g/mol. The number of epoxide rings is 1. The van der Waals surface area contributed by atoms with E-state index in [2.05, 4.69) is 40.7 Å². The average molecular weight is 417 g/mol. The Kier molecular flexibility index (Phi) is 5.05. The van der Waals surface area contributed by atoms with Crippen LogP contribution < -0.4 is 0 Å². The highest BCUT2D eigenvalue weighted by Gasteiger charge is 2.60. The van der Waals surface area contributed by atoms with E-state index in [1.165, 1.54) is 38.5 Å². The van der Waals surface area contributed by atoms with Crippen molar-refractivity contribution < 1.29 is 14.9 Å². The zero-order valence-corrected chi connectivity index (χ0v) is 19.9. The highest BCUT2D eigenvalue weighted by molar-refractivity contribution is 5.25. The first-order valence-electron chi connectivity index (χ1n) is 12.8. The van der Waals surface area contributed by atoms with Crippen molar-refractivity contribution in [3.63, 3.8) is 0 Å². The van der Waals surface area contributed by atoms with E-state index in [1.807, 2.05) is 0 Å². The minimum absolute atomic E-state index is 0.0317. The molecule has 5 rings (SSSR count). The minimum atomic E-state index is -0.318. The highest BCUT2D eigenvalue weighted by atomic mass is 16.6. The topological polar surface area (TPSA) is 53.0 Å². The van der Waals surface area contributed by atoms with Crippen molar-refractivity contribution >= 4 is 0 Å². The van der Waals surface area contributed by atoms with Gasteiger partial charge < -0.3 is 14.9 Å². The van der Waals surface area contributed by atoms with Gasteiger partial charge in [-0.1, -0.05) is 32.4 Å². The summed E-state index contributed by atoms with van der Waals surface area (Å²) in [5.41, 5.74) is 2.20. The molecule has 170 valence electrons. The van der Waals surface area contributed by atoms with E-state index in [1.54, 1.807) is 5.57 Å². The first-order valence-corrected chi connectivity index (χ1v) is 12.8. The van der Waals surface area contributed by atoms with Gasteiger partial charge in [0.25, 0.3) is 0 Å². The summed E-state index contributed by atoms with van der Waals surface area (Å²) in [6.07, 6.45) is 12.7. The highest BCUT2D eigenvalue weighted by Crippen LogP contribution is 2.67. The lowest BCUT2D eigenvalue weighted by atomic mass is 9.47. The number of aliphatic hydroxyl groups excluding tert-OH is 2. The fourth-order valence-electron chi connectivity index (χ4n) is 9.12. The van der Waals surface area contributed by atoms with Gasteiger partial charge in [0.1, 0.15) is 6.10 Å². The molecule has 10 atom stereocenters. The van der Waals surface area contributed by atoms with Crippen LogP contribution in [-0.4, -0.2) is 34.1 Å². The second kappa shape index (κ2) is 7.06. The molecule has 3 heteroatoms.